The number of benzene rings is 1. The molecular weight excluding hydrogens is 236 g/mol. The average Bonchev–Trinajstić information content (AvgIpc) is 2.75. The predicted molar refractivity (Wildman–Crippen MR) is 66.0 cm³/mol. The van der Waals surface area contributed by atoms with Crippen molar-refractivity contribution in [1.82, 2.24) is 15.5 Å². The molecule has 0 radical (unpaired) electrons. The summed E-state index contributed by atoms with van der Waals surface area (Å²) in [6.45, 7) is 2.29. The number of piperidine rings is 1. The van der Waals surface area contributed by atoms with Crippen molar-refractivity contribution in [1.29, 1.82) is 0 Å². The van der Waals surface area contributed by atoms with Crippen LogP contribution < -0.4 is 5.32 Å². The first-order chi connectivity index (χ1) is 8.58. The molecule has 1 saturated heterocycles. The topological polar surface area (TPSA) is 40.7 Å². The Balaban J connectivity index is 2.09. The summed E-state index contributed by atoms with van der Waals surface area (Å²) in [6, 6.07) is 3.74. The number of aromatic nitrogens is 2. The molecule has 1 unspecified atom stereocenters. The summed E-state index contributed by atoms with van der Waals surface area (Å²) in [5.41, 5.74) is 2.47. The summed E-state index contributed by atoms with van der Waals surface area (Å²) in [5, 5.41) is 10.5. The van der Waals surface area contributed by atoms with Crippen molar-refractivity contribution >= 4 is 10.9 Å². The van der Waals surface area contributed by atoms with E-state index < -0.39 is 11.8 Å². The monoisotopic (exact) mass is 251 g/mol. The number of nitrogens with one attached hydrogen (secondary N) is 2. The third-order valence-corrected chi connectivity index (χ3v) is 3.68. The van der Waals surface area contributed by atoms with Gasteiger partial charge in [0, 0.05) is 5.39 Å². The van der Waals surface area contributed by atoms with Crippen molar-refractivity contribution in [3.05, 3.63) is 29.5 Å². The van der Waals surface area contributed by atoms with Crippen molar-refractivity contribution in [2.45, 2.75) is 25.2 Å². The molecule has 18 heavy (non-hydrogen) atoms. The first-order valence-corrected chi connectivity index (χ1v) is 6.10. The molecule has 0 bridgehead atoms. The standard InChI is InChI=1S/C13H15F2N3/c1-8-4-9-6-17-18-12(9)5-10(8)11-2-3-16-7-13(11,14)15/h4-6,11,16H,2-3,7H2,1H3,(H,17,18). The molecule has 0 saturated carbocycles. The molecule has 1 atom stereocenters. The van der Waals surface area contributed by atoms with E-state index in [1.807, 2.05) is 19.1 Å². The smallest absolute Gasteiger partial charge is 0.267 e. The van der Waals surface area contributed by atoms with E-state index in [0.717, 1.165) is 22.0 Å². The second-order valence-electron chi connectivity index (χ2n) is 4.95. The van der Waals surface area contributed by atoms with Crippen molar-refractivity contribution in [2.24, 2.45) is 0 Å². The van der Waals surface area contributed by atoms with Crippen molar-refractivity contribution in [3.63, 3.8) is 0 Å². The van der Waals surface area contributed by atoms with Crippen LogP contribution >= 0.6 is 0 Å². The number of nitrogens with zero attached hydrogens (tertiary/aromatic N) is 1. The quantitative estimate of drug-likeness (QED) is 0.818. The number of aryl methyl sites for hydroxylation is 1. The Kier molecular flexibility index (Phi) is 2.59. The molecule has 0 spiro atoms. The minimum absolute atomic E-state index is 0.238. The molecule has 0 aliphatic carbocycles. The lowest BCUT2D eigenvalue weighted by Crippen LogP contribution is -2.44. The highest BCUT2D eigenvalue weighted by Crippen LogP contribution is 2.40. The fourth-order valence-electron chi connectivity index (χ4n) is 2.72. The van der Waals surface area contributed by atoms with E-state index >= 15 is 0 Å². The van der Waals surface area contributed by atoms with Gasteiger partial charge in [-0.3, -0.25) is 5.10 Å². The molecule has 1 aliphatic heterocycles. The van der Waals surface area contributed by atoms with Crippen LogP contribution in [0, 0.1) is 6.92 Å². The molecule has 0 amide bonds. The summed E-state index contributed by atoms with van der Waals surface area (Å²) >= 11 is 0. The molecule has 1 fully saturated rings. The lowest BCUT2D eigenvalue weighted by atomic mass is 9.84. The Morgan fingerprint density at radius 2 is 2.22 bits per heavy atom. The van der Waals surface area contributed by atoms with Gasteiger partial charge in [0.05, 0.1) is 24.2 Å². The van der Waals surface area contributed by atoms with Crippen LogP contribution in [0.1, 0.15) is 23.5 Å². The van der Waals surface area contributed by atoms with E-state index in [4.69, 9.17) is 0 Å². The van der Waals surface area contributed by atoms with E-state index in [9.17, 15) is 8.78 Å². The second kappa shape index (κ2) is 4.02. The van der Waals surface area contributed by atoms with Gasteiger partial charge in [-0.25, -0.2) is 8.78 Å². The number of alkyl halides is 2. The van der Waals surface area contributed by atoms with E-state index in [1.54, 1.807) is 6.20 Å². The first kappa shape index (κ1) is 11.6. The fraction of sp³-hybridized carbons (Fsp3) is 0.462. The third-order valence-electron chi connectivity index (χ3n) is 3.68. The highest BCUT2D eigenvalue weighted by Gasteiger charge is 2.42. The Hall–Kier alpha value is -1.49. The van der Waals surface area contributed by atoms with Crippen LogP contribution in [0.2, 0.25) is 0 Å². The fourth-order valence-corrected chi connectivity index (χ4v) is 2.72. The summed E-state index contributed by atoms with van der Waals surface area (Å²) in [6.07, 6.45) is 2.18. The van der Waals surface area contributed by atoms with Gasteiger partial charge < -0.3 is 5.32 Å². The van der Waals surface area contributed by atoms with Gasteiger partial charge in [0.15, 0.2) is 0 Å². The van der Waals surface area contributed by atoms with Crippen molar-refractivity contribution < 1.29 is 8.78 Å². The SMILES string of the molecule is Cc1cc2cn[nH]c2cc1C1CCNCC1(F)F. The zero-order valence-electron chi connectivity index (χ0n) is 10.1. The molecule has 1 aromatic heterocycles. The largest absolute Gasteiger partial charge is 0.311 e. The first-order valence-electron chi connectivity index (χ1n) is 6.10. The maximum atomic E-state index is 14.0. The third kappa shape index (κ3) is 1.79. The highest BCUT2D eigenvalue weighted by atomic mass is 19.3. The van der Waals surface area contributed by atoms with Crippen LogP contribution in [0.4, 0.5) is 8.78 Å². The Labute approximate surface area is 104 Å². The van der Waals surface area contributed by atoms with Crippen LogP contribution in [0.5, 0.6) is 0 Å². The van der Waals surface area contributed by atoms with Gasteiger partial charge in [-0.1, -0.05) is 0 Å². The molecule has 1 aromatic carbocycles. The normalized spacial score (nSPS) is 23.4. The maximum Gasteiger partial charge on any atom is 0.267 e. The molecular formula is C13H15F2N3. The number of H-pyrrole nitrogens is 1. The molecule has 2 aromatic rings. The Bertz CT molecular complexity index is 577. The molecule has 1 aliphatic rings. The summed E-state index contributed by atoms with van der Waals surface area (Å²) in [4.78, 5) is 0. The predicted octanol–water partition coefficient (Wildman–Crippen LogP) is 2.58. The van der Waals surface area contributed by atoms with Crippen molar-refractivity contribution in [2.75, 3.05) is 13.1 Å². The van der Waals surface area contributed by atoms with Crippen LogP contribution in [0.25, 0.3) is 10.9 Å². The molecule has 3 nitrogen and oxygen atoms in total. The van der Waals surface area contributed by atoms with Gasteiger partial charge >= 0.3 is 0 Å². The molecule has 5 heteroatoms. The molecule has 3 rings (SSSR count). The minimum atomic E-state index is -2.68. The Morgan fingerprint density at radius 3 is 3.00 bits per heavy atom. The lowest BCUT2D eigenvalue weighted by molar-refractivity contribution is -0.0421. The van der Waals surface area contributed by atoms with Crippen molar-refractivity contribution in [3.8, 4) is 0 Å². The van der Waals surface area contributed by atoms with E-state index in [0.29, 0.717) is 13.0 Å². The van der Waals surface area contributed by atoms with Gasteiger partial charge in [-0.15, -0.1) is 0 Å². The lowest BCUT2D eigenvalue weighted by Gasteiger charge is -2.33. The van der Waals surface area contributed by atoms with Crippen LogP contribution in [0.3, 0.4) is 0 Å². The van der Waals surface area contributed by atoms with E-state index in [2.05, 4.69) is 15.5 Å². The average molecular weight is 251 g/mol. The summed E-state index contributed by atoms with van der Waals surface area (Å²) in [7, 11) is 0. The number of rotatable bonds is 1. The van der Waals surface area contributed by atoms with Gasteiger partial charge in [0.2, 0.25) is 0 Å². The van der Waals surface area contributed by atoms with E-state index in [1.165, 1.54) is 0 Å². The van der Waals surface area contributed by atoms with Gasteiger partial charge in [-0.2, -0.15) is 5.10 Å². The summed E-state index contributed by atoms with van der Waals surface area (Å²) < 4.78 is 27.9. The number of halogens is 2. The molecule has 2 heterocycles. The number of fused-ring (bicyclic) bond motifs is 1. The van der Waals surface area contributed by atoms with Gasteiger partial charge in [-0.05, 0) is 43.1 Å². The maximum absolute atomic E-state index is 14.0. The van der Waals surface area contributed by atoms with Gasteiger partial charge in [0.25, 0.3) is 5.92 Å². The second-order valence-corrected chi connectivity index (χ2v) is 4.95. The zero-order chi connectivity index (χ0) is 12.8. The minimum Gasteiger partial charge on any atom is -0.311 e. The molecule has 2 N–H and O–H groups in total. The number of hydrogen-bond acceptors (Lipinski definition) is 2. The number of hydrogen-bond donors (Lipinski definition) is 2. The van der Waals surface area contributed by atoms with Crippen LogP contribution in [-0.2, 0) is 0 Å². The number of aromatic amines is 1. The van der Waals surface area contributed by atoms with Gasteiger partial charge in [0.1, 0.15) is 0 Å². The zero-order valence-corrected chi connectivity index (χ0v) is 10.1. The summed E-state index contributed by atoms with van der Waals surface area (Å²) in [5.74, 6) is -3.39. The van der Waals surface area contributed by atoms with Crippen LogP contribution in [-0.4, -0.2) is 29.2 Å². The highest BCUT2D eigenvalue weighted by molar-refractivity contribution is 5.79. The van der Waals surface area contributed by atoms with Crippen LogP contribution in [0.15, 0.2) is 18.3 Å². The Morgan fingerprint density at radius 1 is 1.39 bits per heavy atom. The van der Waals surface area contributed by atoms with E-state index in [-0.39, 0.29) is 6.54 Å². The molecule has 96 valence electrons.